The molecular weight excluding hydrogens is 436 g/mol. The molecule has 0 bridgehead atoms. The van der Waals surface area contributed by atoms with E-state index in [1.165, 1.54) is 18.3 Å². The molecular formula is C27H20O3S2. The van der Waals surface area contributed by atoms with E-state index in [0.29, 0.717) is 19.5 Å². The first kappa shape index (κ1) is 24.7. The van der Waals surface area contributed by atoms with E-state index in [-0.39, 0.29) is 12.2 Å². The molecule has 1 unspecified atom stereocenters. The normalized spacial score (nSPS) is 11.8. The van der Waals surface area contributed by atoms with Crippen molar-refractivity contribution in [2.24, 2.45) is 0 Å². The van der Waals surface area contributed by atoms with Crippen molar-refractivity contribution in [1.29, 1.82) is 0 Å². The van der Waals surface area contributed by atoms with Gasteiger partial charge >= 0.3 is 0 Å². The summed E-state index contributed by atoms with van der Waals surface area (Å²) in [7, 11) is 0. The Kier molecular flexibility index (Phi) is 9.50. The average Bonchev–Trinajstić information content (AvgIpc) is 3.42. The lowest BCUT2D eigenvalue weighted by Crippen LogP contribution is -2.36. The summed E-state index contributed by atoms with van der Waals surface area (Å²) in [5.41, 5.74) is -1.96. The second-order valence-electron chi connectivity index (χ2n) is 6.43. The largest absolute Gasteiger partial charge is 0.376 e. The molecule has 0 radical (unpaired) electrons. The number of rotatable bonds is 5. The minimum absolute atomic E-state index is 0.296. The SMILES string of the molecule is C/C=C/C#CC#Cc1ccc(C(=O)C(O)(CC(C)=O)c2ccc(C#CC#C/C=C/C)s2)s1. The van der Waals surface area contributed by atoms with Crippen LogP contribution in [0.4, 0.5) is 0 Å². The highest BCUT2D eigenvalue weighted by atomic mass is 32.1. The van der Waals surface area contributed by atoms with E-state index >= 15 is 0 Å². The Morgan fingerprint density at radius 3 is 2.03 bits per heavy atom. The molecule has 0 saturated carbocycles. The molecule has 0 aliphatic rings. The number of carbonyl (C=O) groups excluding carboxylic acids is 2. The zero-order valence-corrected chi connectivity index (χ0v) is 19.5. The predicted octanol–water partition coefficient (Wildman–Crippen LogP) is 4.72. The fourth-order valence-corrected chi connectivity index (χ4v) is 4.32. The molecule has 2 rings (SSSR count). The van der Waals surface area contributed by atoms with E-state index < -0.39 is 11.4 Å². The van der Waals surface area contributed by atoms with Crippen LogP contribution in [0.15, 0.2) is 48.6 Å². The fourth-order valence-electron chi connectivity index (χ4n) is 2.51. The third-order valence-corrected chi connectivity index (χ3v) is 6.02. The van der Waals surface area contributed by atoms with E-state index in [0.717, 1.165) is 11.3 Å². The molecule has 0 aliphatic heterocycles. The number of allylic oxidation sites excluding steroid dienone is 4. The van der Waals surface area contributed by atoms with Crippen molar-refractivity contribution in [1.82, 2.24) is 0 Å². The Labute approximate surface area is 196 Å². The zero-order chi connectivity index (χ0) is 23.4. The van der Waals surface area contributed by atoms with Gasteiger partial charge in [-0.1, -0.05) is 24.0 Å². The van der Waals surface area contributed by atoms with Crippen LogP contribution in [0.5, 0.6) is 0 Å². The van der Waals surface area contributed by atoms with Crippen LogP contribution in [0.2, 0.25) is 0 Å². The molecule has 2 heterocycles. The van der Waals surface area contributed by atoms with Crippen LogP contribution >= 0.6 is 22.7 Å². The molecule has 158 valence electrons. The Morgan fingerprint density at radius 1 is 0.906 bits per heavy atom. The molecule has 0 aromatic carbocycles. The van der Waals surface area contributed by atoms with Gasteiger partial charge in [0.15, 0.2) is 5.60 Å². The van der Waals surface area contributed by atoms with Crippen molar-refractivity contribution in [3.05, 3.63) is 68.1 Å². The molecule has 2 aromatic heterocycles. The van der Waals surface area contributed by atoms with Gasteiger partial charge < -0.3 is 5.11 Å². The lowest BCUT2D eigenvalue weighted by Gasteiger charge is -2.23. The molecule has 1 atom stereocenters. The number of ketones is 2. The first-order chi connectivity index (χ1) is 15.4. The summed E-state index contributed by atoms with van der Waals surface area (Å²) in [6.45, 7) is 5.07. The van der Waals surface area contributed by atoms with Gasteiger partial charge in [0.2, 0.25) is 5.78 Å². The third-order valence-electron chi connectivity index (χ3n) is 3.86. The van der Waals surface area contributed by atoms with Crippen molar-refractivity contribution in [2.75, 3.05) is 0 Å². The van der Waals surface area contributed by atoms with Crippen LogP contribution < -0.4 is 0 Å². The summed E-state index contributed by atoms with van der Waals surface area (Å²) < 4.78 is 0. The summed E-state index contributed by atoms with van der Waals surface area (Å²) in [4.78, 5) is 27.1. The molecule has 0 fully saturated rings. The summed E-state index contributed by atoms with van der Waals surface area (Å²) in [5, 5.41) is 11.3. The summed E-state index contributed by atoms with van der Waals surface area (Å²) in [6.07, 6.45) is 6.67. The van der Waals surface area contributed by atoms with Crippen molar-refractivity contribution in [3.63, 3.8) is 0 Å². The van der Waals surface area contributed by atoms with E-state index in [9.17, 15) is 14.7 Å². The van der Waals surface area contributed by atoms with Crippen LogP contribution in [0.1, 0.15) is 51.5 Å². The van der Waals surface area contributed by atoms with Gasteiger partial charge in [-0.15, -0.1) is 22.7 Å². The lowest BCUT2D eigenvalue weighted by atomic mass is 9.90. The maximum atomic E-state index is 13.2. The Balaban J connectivity index is 2.34. The number of hydrogen-bond acceptors (Lipinski definition) is 5. The molecule has 0 saturated heterocycles. The van der Waals surface area contributed by atoms with Crippen molar-refractivity contribution in [2.45, 2.75) is 32.8 Å². The molecule has 32 heavy (non-hydrogen) atoms. The van der Waals surface area contributed by atoms with Gasteiger partial charge in [-0.25, -0.2) is 0 Å². The second kappa shape index (κ2) is 12.3. The maximum absolute atomic E-state index is 13.2. The van der Waals surface area contributed by atoms with Gasteiger partial charge in [0, 0.05) is 11.3 Å². The molecule has 5 heteroatoms. The first-order valence-electron chi connectivity index (χ1n) is 9.63. The van der Waals surface area contributed by atoms with E-state index in [1.807, 2.05) is 26.0 Å². The lowest BCUT2D eigenvalue weighted by molar-refractivity contribution is -0.120. The fraction of sp³-hybridized carbons (Fsp3) is 0.185. The van der Waals surface area contributed by atoms with Gasteiger partial charge in [0.05, 0.1) is 14.6 Å². The highest BCUT2D eigenvalue weighted by Crippen LogP contribution is 2.36. The summed E-state index contributed by atoms with van der Waals surface area (Å²) in [6, 6.07) is 6.63. The standard InChI is InChI=1S/C27H20O3S2/c1-4-6-8-10-12-14-22-16-18-24(31-22)26(29)27(30,20-21(3)28)25-19-17-23(32-25)15-13-11-9-7-5-2/h4-7,16-19,30H,20H2,1-3H3/b6-4+,7-5+. The van der Waals surface area contributed by atoms with Crippen LogP contribution in [0, 0.1) is 47.4 Å². The Bertz CT molecular complexity index is 1310. The number of carbonyl (C=O) groups is 2. The predicted molar refractivity (Wildman–Crippen MR) is 131 cm³/mol. The highest BCUT2D eigenvalue weighted by Gasteiger charge is 2.41. The molecule has 2 aromatic rings. The average molecular weight is 457 g/mol. The monoisotopic (exact) mass is 456 g/mol. The first-order valence-corrected chi connectivity index (χ1v) is 11.3. The molecule has 3 nitrogen and oxygen atoms in total. The van der Waals surface area contributed by atoms with Crippen LogP contribution in [-0.4, -0.2) is 16.7 Å². The molecule has 0 aliphatic carbocycles. The molecule has 0 amide bonds. The summed E-state index contributed by atoms with van der Waals surface area (Å²) >= 11 is 2.32. The van der Waals surface area contributed by atoms with Crippen molar-refractivity contribution >= 4 is 34.2 Å². The third kappa shape index (κ3) is 6.99. The van der Waals surface area contributed by atoms with E-state index in [1.54, 1.807) is 36.4 Å². The molecule has 1 N–H and O–H groups in total. The number of hydrogen-bond donors (Lipinski definition) is 1. The van der Waals surface area contributed by atoms with Crippen molar-refractivity contribution in [3.8, 4) is 47.4 Å². The van der Waals surface area contributed by atoms with Gasteiger partial charge in [-0.05, 0) is 92.7 Å². The highest BCUT2D eigenvalue weighted by molar-refractivity contribution is 7.15. The minimum atomic E-state index is -1.96. The second-order valence-corrected chi connectivity index (χ2v) is 8.60. The van der Waals surface area contributed by atoms with Gasteiger partial charge in [-0.3, -0.25) is 9.59 Å². The van der Waals surface area contributed by atoms with Gasteiger partial charge in [0.1, 0.15) is 5.78 Å². The van der Waals surface area contributed by atoms with Gasteiger partial charge in [0.25, 0.3) is 0 Å². The minimum Gasteiger partial charge on any atom is -0.376 e. The number of thiophene rings is 2. The van der Waals surface area contributed by atoms with E-state index in [2.05, 4.69) is 47.4 Å². The topological polar surface area (TPSA) is 54.4 Å². The maximum Gasteiger partial charge on any atom is 0.210 e. The smallest absolute Gasteiger partial charge is 0.210 e. The number of Topliss-reactive ketones (excluding diaryl/α,β-unsaturated/α-hetero) is 2. The molecule has 0 spiro atoms. The van der Waals surface area contributed by atoms with Crippen LogP contribution in [-0.2, 0) is 10.4 Å². The Hall–Kier alpha value is -3.58. The number of aliphatic hydroxyl groups is 1. The van der Waals surface area contributed by atoms with Crippen LogP contribution in [0.3, 0.4) is 0 Å². The van der Waals surface area contributed by atoms with E-state index in [4.69, 9.17) is 0 Å². The van der Waals surface area contributed by atoms with Gasteiger partial charge in [-0.2, -0.15) is 0 Å². The Morgan fingerprint density at radius 2 is 1.47 bits per heavy atom. The quantitative estimate of drug-likeness (QED) is 0.523. The van der Waals surface area contributed by atoms with Crippen molar-refractivity contribution < 1.29 is 14.7 Å². The van der Waals surface area contributed by atoms with Crippen LogP contribution in [0.25, 0.3) is 0 Å². The zero-order valence-electron chi connectivity index (χ0n) is 17.9. The summed E-state index contributed by atoms with van der Waals surface area (Å²) in [5.74, 6) is 21.3.